The fourth-order valence-corrected chi connectivity index (χ4v) is 5.71. The highest BCUT2D eigenvalue weighted by Gasteiger charge is 2.39. The fourth-order valence-electron chi connectivity index (χ4n) is 4.81. The summed E-state index contributed by atoms with van der Waals surface area (Å²) >= 11 is 1.19. The minimum absolute atomic E-state index is 0.0848. The first-order valence-electron chi connectivity index (χ1n) is 11.3. The second kappa shape index (κ2) is 8.90. The van der Waals surface area contributed by atoms with Crippen LogP contribution in [-0.2, 0) is 0 Å². The quantitative estimate of drug-likeness (QED) is 0.593. The second-order valence-corrected chi connectivity index (χ2v) is 9.87. The molecule has 33 heavy (non-hydrogen) atoms. The van der Waals surface area contributed by atoms with E-state index in [1.54, 1.807) is 18.2 Å². The largest absolute Gasteiger partial charge is 0.490 e. The lowest BCUT2D eigenvalue weighted by atomic mass is 10.0. The summed E-state index contributed by atoms with van der Waals surface area (Å²) in [5.41, 5.74) is 0.287. The Morgan fingerprint density at radius 2 is 2.06 bits per heavy atom. The number of halogens is 1. The van der Waals surface area contributed by atoms with Crippen LogP contribution in [0, 0.1) is 17.7 Å². The van der Waals surface area contributed by atoms with Crippen molar-refractivity contribution in [1.82, 2.24) is 14.5 Å². The van der Waals surface area contributed by atoms with Crippen molar-refractivity contribution in [3.63, 3.8) is 0 Å². The summed E-state index contributed by atoms with van der Waals surface area (Å²) in [6, 6.07) is 7.42. The van der Waals surface area contributed by atoms with E-state index in [0.29, 0.717) is 39.3 Å². The predicted molar refractivity (Wildman–Crippen MR) is 127 cm³/mol. The average Bonchev–Trinajstić information content (AvgIpc) is 3.29. The minimum atomic E-state index is -0.709. The van der Waals surface area contributed by atoms with Gasteiger partial charge in [0.15, 0.2) is 5.82 Å². The van der Waals surface area contributed by atoms with Crippen molar-refractivity contribution in [2.45, 2.75) is 63.3 Å². The molecule has 0 spiro atoms. The second-order valence-electron chi connectivity index (χ2n) is 8.81. The number of piperidine rings is 1. The molecule has 8 heteroatoms. The van der Waals surface area contributed by atoms with Gasteiger partial charge in [-0.05, 0) is 57.4 Å². The number of ether oxygens (including phenoxy) is 1. The molecule has 2 bridgehead atoms. The van der Waals surface area contributed by atoms with E-state index in [4.69, 9.17) is 4.74 Å². The number of hydrogen-bond acceptors (Lipinski definition) is 6. The van der Waals surface area contributed by atoms with Gasteiger partial charge in [0, 0.05) is 18.2 Å². The lowest BCUT2D eigenvalue weighted by Crippen LogP contribution is -2.43. The van der Waals surface area contributed by atoms with E-state index in [0.717, 1.165) is 12.8 Å². The summed E-state index contributed by atoms with van der Waals surface area (Å²) in [5, 5.41) is 9.63. The molecule has 3 aromatic rings. The maximum Gasteiger partial charge on any atom is 0.275 e. The van der Waals surface area contributed by atoms with Gasteiger partial charge in [-0.25, -0.2) is 9.37 Å². The van der Waals surface area contributed by atoms with Crippen LogP contribution in [0.4, 0.5) is 4.39 Å². The molecule has 2 aliphatic rings. The number of thiophene rings is 1. The van der Waals surface area contributed by atoms with Crippen LogP contribution < -0.4 is 10.3 Å². The Labute approximate surface area is 195 Å². The summed E-state index contributed by atoms with van der Waals surface area (Å²) in [6.07, 6.45) is 5.54. The standard InChI is InChI=1S/C25H26FN3O3S/c1-3-17(30)6-8-20-13-22-24(33-20)25(31)29(14-27-22)23-9-7-18(12-21(23)26)32-19-10-15-4-5-16(11-19)28(15)2/h7,9,12-17,19,30H,3-5,10-11H2,1-2H3/t15-,16+,17?,19?. The third-order valence-corrected chi connectivity index (χ3v) is 7.75. The van der Waals surface area contributed by atoms with Gasteiger partial charge >= 0.3 is 0 Å². The van der Waals surface area contributed by atoms with E-state index >= 15 is 4.39 Å². The van der Waals surface area contributed by atoms with Gasteiger partial charge in [-0.1, -0.05) is 18.8 Å². The third-order valence-electron chi connectivity index (χ3n) is 6.72. The first kappa shape index (κ1) is 22.1. The van der Waals surface area contributed by atoms with Crippen LogP contribution in [0.2, 0.25) is 0 Å². The Morgan fingerprint density at radius 3 is 2.76 bits per heavy atom. The van der Waals surface area contributed by atoms with E-state index < -0.39 is 11.9 Å². The highest BCUT2D eigenvalue weighted by Crippen LogP contribution is 2.36. The van der Waals surface area contributed by atoms with Gasteiger partial charge in [0.25, 0.3) is 5.56 Å². The maximum atomic E-state index is 15.0. The zero-order valence-corrected chi connectivity index (χ0v) is 19.4. The molecule has 5 rings (SSSR count). The SMILES string of the molecule is CCC(O)C#Cc1cc2ncn(-c3ccc(OC4C[C@H]5CC[C@@H](C4)N5C)cc3F)c(=O)c2s1. The zero-order chi connectivity index (χ0) is 23.1. The molecule has 2 saturated heterocycles. The van der Waals surface area contributed by atoms with Crippen molar-refractivity contribution in [2.24, 2.45) is 0 Å². The minimum Gasteiger partial charge on any atom is -0.490 e. The first-order chi connectivity index (χ1) is 15.9. The molecule has 1 aromatic carbocycles. The summed E-state index contributed by atoms with van der Waals surface area (Å²) < 4.78 is 22.8. The average molecular weight is 468 g/mol. The van der Waals surface area contributed by atoms with E-state index in [-0.39, 0.29) is 17.4 Å². The van der Waals surface area contributed by atoms with E-state index in [1.165, 1.54) is 41.1 Å². The van der Waals surface area contributed by atoms with Crippen molar-refractivity contribution in [3.05, 3.63) is 51.6 Å². The van der Waals surface area contributed by atoms with Crippen LogP contribution in [0.15, 0.2) is 35.4 Å². The number of benzene rings is 1. The third kappa shape index (κ3) is 4.29. The van der Waals surface area contributed by atoms with Crippen molar-refractivity contribution >= 4 is 21.6 Å². The van der Waals surface area contributed by atoms with Crippen molar-refractivity contribution in [1.29, 1.82) is 0 Å². The number of nitrogens with zero attached hydrogens (tertiary/aromatic N) is 3. The lowest BCUT2D eigenvalue weighted by molar-refractivity contribution is 0.0660. The Balaban J connectivity index is 1.38. The van der Waals surface area contributed by atoms with Gasteiger partial charge < -0.3 is 14.7 Å². The van der Waals surface area contributed by atoms with Crippen molar-refractivity contribution < 1.29 is 14.2 Å². The fraction of sp³-hybridized carbons (Fsp3) is 0.440. The summed E-state index contributed by atoms with van der Waals surface area (Å²) in [7, 11) is 2.17. The van der Waals surface area contributed by atoms with Gasteiger partial charge in [-0.3, -0.25) is 9.36 Å². The lowest BCUT2D eigenvalue weighted by Gasteiger charge is -2.36. The summed E-state index contributed by atoms with van der Waals surface area (Å²) in [5.74, 6) is 5.57. The highest BCUT2D eigenvalue weighted by molar-refractivity contribution is 7.19. The molecule has 0 aliphatic carbocycles. The molecule has 0 radical (unpaired) electrons. The van der Waals surface area contributed by atoms with E-state index in [2.05, 4.69) is 28.8 Å². The Bertz CT molecular complexity index is 1290. The van der Waals surface area contributed by atoms with Gasteiger partial charge in [0.05, 0.1) is 16.1 Å². The Morgan fingerprint density at radius 1 is 1.30 bits per heavy atom. The van der Waals surface area contributed by atoms with Crippen LogP contribution in [0.5, 0.6) is 5.75 Å². The maximum absolute atomic E-state index is 15.0. The first-order valence-corrected chi connectivity index (χ1v) is 12.1. The monoisotopic (exact) mass is 467 g/mol. The molecule has 4 heterocycles. The molecule has 2 aliphatic heterocycles. The molecule has 172 valence electrons. The molecule has 2 unspecified atom stereocenters. The van der Waals surface area contributed by atoms with Gasteiger partial charge in [-0.2, -0.15) is 0 Å². The highest BCUT2D eigenvalue weighted by atomic mass is 32.1. The van der Waals surface area contributed by atoms with Gasteiger partial charge in [0.2, 0.25) is 0 Å². The Kier molecular flexibility index (Phi) is 5.95. The molecule has 0 saturated carbocycles. The molecule has 6 nitrogen and oxygen atoms in total. The zero-order valence-electron chi connectivity index (χ0n) is 18.6. The molecule has 2 fully saturated rings. The number of hydrogen-bond donors (Lipinski definition) is 1. The number of rotatable bonds is 4. The molecular formula is C25H26FN3O3S. The van der Waals surface area contributed by atoms with Crippen LogP contribution >= 0.6 is 11.3 Å². The molecular weight excluding hydrogens is 441 g/mol. The van der Waals surface area contributed by atoms with Gasteiger partial charge in [-0.15, -0.1) is 11.3 Å². The molecule has 1 N–H and O–H groups in total. The Hall–Kier alpha value is -2.73. The molecule has 0 amide bonds. The normalized spacial score (nSPS) is 23.3. The van der Waals surface area contributed by atoms with Crippen LogP contribution in [0.1, 0.15) is 43.9 Å². The van der Waals surface area contributed by atoms with Gasteiger partial charge in [0.1, 0.15) is 29.0 Å². The molecule has 2 aromatic heterocycles. The summed E-state index contributed by atoms with van der Waals surface area (Å²) in [6.45, 7) is 1.84. The van der Waals surface area contributed by atoms with Crippen LogP contribution in [-0.4, -0.2) is 50.9 Å². The van der Waals surface area contributed by atoms with Crippen molar-refractivity contribution in [2.75, 3.05) is 7.05 Å². The van der Waals surface area contributed by atoms with Crippen LogP contribution in [0.3, 0.4) is 0 Å². The number of fused-ring (bicyclic) bond motifs is 3. The number of aliphatic hydroxyl groups excluding tert-OH is 1. The predicted octanol–water partition coefficient (Wildman–Crippen LogP) is 3.71. The molecule has 4 atom stereocenters. The smallest absolute Gasteiger partial charge is 0.275 e. The van der Waals surface area contributed by atoms with E-state index in [1.807, 2.05) is 6.92 Å². The van der Waals surface area contributed by atoms with E-state index in [9.17, 15) is 9.90 Å². The topological polar surface area (TPSA) is 67.6 Å². The number of aromatic nitrogens is 2. The van der Waals surface area contributed by atoms with Crippen molar-refractivity contribution in [3.8, 4) is 23.3 Å². The number of aliphatic hydroxyl groups is 1. The summed E-state index contributed by atoms with van der Waals surface area (Å²) in [4.78, 5) is 20.4. The van der Waals surface area contributed by atoms with Crippen LogP contribution in [0.25, 0.3) is 15.9 Å².